The number of hydrogen-bond donors (Lipinski definition) is 1. The van der Waals surface area contributed by atoms with Gasteiger partial charge >= 0.3 is 0 Å². The molecule has 1 aromatic carbocycles. The van der Waals surface area contributed by atoms with Crippen LogP contribution in [0.25, 0.3) is 22.6 Å². The number of piperazine rings is 1. The van der Waals surface area contributed by atoms with Crippen LogP contribution in [0.1, 0.15) is 17.4 Å². The van der Waals surface area contributed by atoms with Gasteiger partial charge in [0, 0.05) is 25.0 Å². The van der Waals surface area contributed by atoms with Crippen LogP contribution in [0.3, 0.4) is 0 Å². The van der Waals surface area contributed by atoms with E-state index in [0.29, 0.717) is 17.5 Å². The Kier molecular flexibility index (Phi) is 3.20. The van der Waals surface area contributed by atoms with Crippen LogP contribution in [0, 0.1) is 6.92 Å². The Labute approximate surface area is 128 Å². The highest BCUT2D eigenvalue weighted by molar-refractivity contribution is 5.82. The molecule has 114 valence electrons. The van der Waals surface area contributed by atoms with Crippen molar-refractivity contribution in [2.75, 3.05) is 26.7 Å². The van der Waals surface area contributed by atoms with Crippen LogP contribution in [0.5, 0.6) is 0 Å². The largest absolute Gasteiger partial charge is 0.451 e. The average molecular weight is 298 g/mol. The van der Waals surface area contributed by atoms with Crippen LogP contribution < -0.4 is 5.32 Å². The number of benzene rings is 1. The fourth-order valence-electron chi connectivity index (χ4n) is 2.83. The summed E-state index contributed by atoms with van der Waals surface area (Å²) >= 11 is 0. The zero-order valence-electron chi connectivity index (χ0n) is 12.7. The van der Waals surface area contributed by atoms with Gasteiger partial charge in [0.2, 0.25) is 0 Å². The molecule has 1 unspecified atom stereocenters. The molecule has 0 bridgehead atoms. The highest BCUT2D eigenvalue weighted by atomic mass is 16.5. The van der Waals surface area contributed by atoms with Crippen LogP contribution in [-0.4, -0.2) is 41.7 Å². The summed E-state index contributed by atoms with van der Waals surface area (Å²) in [6.07, 6.45) is 0. The van der Waals surface area contributed by atoms with Crippen molar-refractivity contribution < 1.29 is 8.94 Å². The molecule has 6 nitrogen and oxygen atoms in total. The molecule has 1 N–H and O–H groups in total. The van der Waals surface area contributed by atoms with Crippen LogP contribution in [0.4, 0.5) is 0 Å². The Bertz CT molecular complexity index is 807. The van der Waals surface area contributed by atoms with Crippen molar-refractivity contribution in [3.05, 3.63) is 35.7 Å². The highest BCUT2D eigenvalue weighted by Gasteiger charge is 2.26. The van der Waals surface area contributed by atoms with Crippen molar-refractivity contribution in [2.24, 2.45) is 0 Å². The third-order valence-electron chi connectivity index (χ3n) is 4.13. The van der Waals surface area contributed by atoms with Gasteiger partial charge in [0.15, 0.2) is 11.6 Å². The monoisotopic (exact) mass is 298 g/mol. The number of nitrogens with one attached hydrogen (secondary N) is 1. The molecule has 22 heavy (non-hydrogen) atoms. The van der Waals surface area contributed by atoms with Crippen molar-refractivity contribution in [1.82, 2.24) is 20.4 Å². The van der Waals surface area contributed by atoms with E-state index in [1.807, 2.05) is 18.2 Å². The molecule has 1 fully saturated rings. The SMILES string of the molecule is Cc1ccc2oc(-c3nc(C4CNCCN4C)no3)cc2c1. The van der Waals surface area contributed by atoms with Crippen molar-refractivity contribution in [1.29, 1.82) is 0 Å². The minimum Gasteiger partial charge on any atom is -0.451 e. The van der Waals surface area contributed by atoms with E-state index in [1.54, 1.807) is 0 Å². The number of nitrogens with zero attached hydrogens (tertiary/aromatic N) is 3. The maximum Gasteiger partial charge on any atom is 0.293 e. The van der Waals surface area contributed by atoms with E-state index in [2.05, 4.69) is 40.4 Å². The van der Waals surface area contributed by atoms with E-state index in [0.717, 1.165) is 30.6 Å². The van der Waals surface area contributed by atoms with Crippen molar-refractivity contribution >= 4 is 11.0 Å². The third kappa shape index (κ3) is 2.30. The fraction of sp³-hybridized carbons (Fsp3) is 0.375. The highest BCUT2D eigenvalue weighted by Crippen LogP contribution is 2.28. The summed E-state index contributed by atoms with van der Waals surface area (Å²) in [5.74, 6) is 1.75. The molecular weight excluding hydrogens is 280 g/mol. The van der Waals surface area contributed by atoms with Crippen LogP contribution in [0.15, 0.2) is 33.2 Å². The number of rotatable bonds is 2. The zero-order valence-corrected chi connectivity index (χ0v) is 12.7. The molecule has 1 aliphatic rings. The first-order valence-corrected chi connectivity index (χ1v) is 7.46. The van der Waals surface area contributed by atoms with Gasteiger partial charge in [-0.25, -0.2) is 0 Å². The average Bonchev–Trinajstić information content (AvgIpc) is 3.13. The fourth-order valence-corrected chi connectivity index (χ4v) is 2.83. The van der Waals surface area contributed by atoms with E-state index in [1.165, 1.54) is 5.56 Å². The molecule has 0 aliphatic carbocycles. The molecule has 4 rings (SSSR count). The summed E-state index contributed by atoms with van der Waals surface area (Å²) < 4.78 is 11.2. The Hall–Kier alpha value is -2.18. The third-order valence-corrected chi connectivity index (χ3v) is 4.13. The Morgan fingerprint density at radius 3 is 3.09 bits per heavy atom. The van der Waals surface area contributed by atoms with Crippen molar-refractivity contribution in [3.8, 4) is 11.7 Å². The lowest BCUT2D eigenvalue weighted by Gasteiger charge is -2.30. The lowest BCUT2D eigenvalue weighted by atomic mass is 10.2. The second-order valence-corrected chi connectivity index (χ2v) is 5.81. The predicted octanol–water partition coefficient (Wildman–Crippen LogP) is 2.37. The molecule has 2 aromatic heterocycles. The van der Waals surface area contributed by atoms with Gasteiger partial charge in [0.05, 0.1) is 6.04 Å². The Morgan fingerprint density at radius 2 is 2.23 bits per heavy atom. The molecule has 0 saturated carbocycles. The summed E-state index contributed by atoms with van der Waals surface area (Å²) in [6.45, 7) is 4.84. The van der Waals surface area contributed by atoms with Crippen molar-refractivity contribution in [2.45, 2.75) is 13.0 Å². The van der Waals surface area contributed by atoms with Gasteiger partial charge < -0.3 is 14.3 Å². The molecule has 0 amide bonds. The maximum atomic E-state index is 5.81. The maximum absolute atomic E-state index is 5.81. The number of furan rings is 1. The van der Waals surface area contributed by atoms with Crippen LogP contribution in [-0.2, 0) is 0 Å². The lowest BCUT2D eigenvalue weighted by molar-refractivity contribution is 0.190. The number of aromatic nitrogens is 2. The Balaban J connectivity index is 1.67. The predicted molar refractivity (Wildman–Crippen MR) is 82.5 cm³/mol. The van der Waals surface area contributed by atoms with Gasteiger partial charge in [-0.15, -0.1) is 0 Å². The van der Waals surface area contributed by atoms with E-state index < -0.39 is 0 Å². The van der Waals surface area contributed by atoms with E-state index in [-0.39, 0.29) is 6.04 Å². The molecule has 1 atom stereocenters. The van der Waals surface area contributed by atoms with Gasteiger partial charge in [0.25, 0.3) is 5.89 Å². The van der Waals surface area contributed by atoms with Crippen molar-refractivity contribution in [3.63, 3.8) is 0 Å². The molecule has 0 radical (unpaired) electrons. The summed E-state index contributed by atoms with van der Waals surface area (Å²) in [5.41, 5.74) is 2.03. The molecule has 1 aliphatic heterocycles. The summed E-state index contributed by atoms with van der Waals surface area (Å²) in [7, 11) is 2.07. The summed E-state index contributed by atoms with van der Waals surface area (Å²) in [5, 5.41) is 8.53. The first-order chi connectivity index (χ1) is 10.7. The number of likely N-dealkylation sites (N-methyl/N-ethyl adjacent to an activating group) is 1. The van der Waals surface area contributed by atoms with Crippen LogP contribution in [0.2, 0.25) is 0 Å². The Morgan fingerprint density at radius 1 is 1.32 bits per heavy atom. The molecule has 3 heterocycles. The van der Waals surface area contributed by atoms with E-state index in [4.69, 9.17) is 8.94 Å². The standard InChI is InChI=1S/C16H18N4O2/c1-10-3-4-13-11(7-10)8-14(21-13)16-18-15(19-22-16)12-9-17-5-6-20(12)2/h3-4,7-8,12,17H,5-6,9H2,1-2H3. The normalized spacial score (nSPS) is 19.8. The quantitative estimate of drug-likeness (QED) is 0.783. The number of fused-ring (bicyclic) bond motifs is 1. The first kappa shape index (κ1) is 13.5. The number of hydrogen-bond acceptors (Lipinski definition) is 6. The van der Waals surface area contributed by atoms with E-state index >= 15 is 0 Å². The topological polar surface area (TPSA) is 67.3 Å². The van der Waals surface area contributed by atoms with Gasteiger partial charge in [-0.2, -0.15) is 4.98 Å². The molecular formula is C16H18N4O2. The van der Waals surface area contributed by atoms with Gasteiger partial charge in [-0.1, -0.05) is 16.8 Å². The van der Waals surface area contributed by atoms with Gasteiger partial charge in [-0.3, -0.25) is 4.90 Å². The second kappa shape index (κ2) is 5.23. The van der Waals surface area contributed by atoms with Gasteiger partial charge in [0.1, 0.15) is 5.58 Å². The first-order valence-electron chi connectivity index (χ1n) is 7.46. The smallest absolute Gasteiger partial charge is 0.293 e. The van der Waals surface area contributed by atoms with Crippen LogP contribution >= 0.6 is 0 Å². The minimum absolute atomic E-state index is 0.137. The number of aryl methyl sites for hydroxylation is 1. The zero-order chi connectivity index (χ0) is 15.1. The second-order valence-electron chi connectivity index (χ2n) is 5.81. The molecule has 1 saturated heterocycles. The summed E-state index contributed by atoms with van der Waals surface area (Å²) in [4.78, 5) is 6.75. The molecule has 6 heteroatoms. The minimum atomic E-state index is 0.137. The summed E-state index contributed by atoms with van der Waals surface area (Å²) in [6, 6.07) is 8.15. The molecule has 3 aromatic rings. The van der Waals surface area contributed by atoms with E-state index in [9.17, 15) is 0 Å². The van der Waals surface area contributed by atoms with Gasteiger partial charge in [-0.05, 0) is 32.2 Å². The lowest BCUT2D eigenvalue weighted by Crippen LogP contribution is -2.44. The molecule has 0 spiro atoms.